The van der Waals surface area contributed by atoms with Crippen molar-refractivity contribution in [2.75, 3.05) is 17.2 Å². The summed E-state index contributed by atoms with van der Waals surface area (Å²) in [4.78, 5) is 22.3. The van der Waals surface area contributed by atoms with Crippen molar-refractivity contribution in [3.05, 3.63) is 62.9 Å². The number of carbonyl (C=O) groups excluding carboxylic acids is 1. The molecule has 2 rings (SSSR count). The van der Waals surface area contributed by atoms with E-state index < -0.39 is 16.6 Å². The molecular weight excluding hydrogens is 325 g/mol. The summed E-state index contributed by atoms with van der Waals surface area (Å²) < 4.78 is 13.5. The molecule has 0 fully saturated rings. The molecule has 0 saturated heterocycles. The van der Waals surface area contributed by atoms with E-state index in [2.05, 4.69) is 10.6 Å². The van der Waals surface area contributed by atoms with Gasteiger partial charge < -0.3 is 10.6 Å². The summed E-state index contributed by atoms with van der Waals surface area (Å²) in [5.74, 6) is -1.10. The number of aryl methyl sites for hydroxylation is 1. The van der Waals surface area contributed by atoms with Gasteiger partial charge in [0.25, 0.3) is 5.69 Å². The Hall–Kier alpha value is -2.67. The lowest BCUT2D eigenvalue weighted by atomic mass is 10.2. The second-order valence-corrected chi connectivity index (χ2v) is 5.24. The predicted octanol–water partition coefficient (Wildman–Crippen LogP) is 3.75. The Balaban J connectivity index is 2.06. The number of hydrogen-bond donors (Lipinski definition) is 2. The van der Waals surface area contributed by atoms with Gasteiger partial charge in [-0.1, -0.05) is 17.7 Å². The first kappa shape index (κ1) is 16.7. The third kappa shape index (κ3) is 4.40. The van der Waals surface area contributed by atoms with Crippen LogP contribution in [0.5, 0.6) is 0 Å². The zero-order valence-electron chi connectivity index (χ0n) is 12.1. The number of halogens is 2. The SMILES string of the molecule is Cc1ccc(NC(=O)CNc2cc(Cl)ccc2F)c([N+](=O)[O-])c1. The molecule has 0 aromatic heterocycles. The maximum atomic E-state index is 13.5. The van der Waals surface area contributed by atoms with E-state index in [9.17, 15) is 19.3 Å². The van der Waals surface area contributed by atoms with Crippen molar-refractivity contribution in [1.82, 2.24) is 0 Å². The summed E-state index contributed by atoms with van der Waals surface area (Å²) in [7, 11) is 0. The zero-order valence-corrected chi connectivity index (χ0v) is 12.9. The number of carbonyl (C=O) groups is 1. The van der Waals surface area contributed by atoms with E-state index in [0.29, 0.717) is 10.6 Å². The molecule has 0 atom stereocenters. The third-order valence-corrected chi connectivity index (χ3v) is 3.23. The molecule has 0 aliphatic carbocycles. The fourth-order valence-electron chi connectivity index (χ4n) is 1.90. The van der Waals surface area contributed by atoms with E-state index in [-0.39, 0.29) is 23.6 Å². The van der Waals surface area contributed by atoms with Crippen molar-refractivity contribution in [3.8, 4) is 0 Å². The first-order valence-electron chi connectivity index (χ1n) is 6.60. The van der Waals surface area contributed by atoms with Gasteiger partial charge in [0, 0.05) is 11.1 Å². The van der Waals surface area contributed by atoms with Gasteiger partial charge in [-0.3, -0.25) is 14.9 Å². The van der Waals surface area contributed by atoms with Crippen molar-refractivity contribution >= 4 is 34.6 Å². The maximum absolute atomic E-state index is 13.5. The monoisotopic (exact) mass is 337 g/mol. The van der Waals surface area contributed by atoms with Crippen LogP contribution in [0.2, 0.25) is 5.02 Å². The number of nitrogens with one attached hydrogen (secondary N) is 2. The highest BCUT2D eigenvalue weighted by atomic mass is 35.5. The lowest BCUT2D eigenvalue weighted by Gasteiger charge is -2.09. The Morgan fingerprint density at radius 1 is 1.26 bits per heavy atom. The molecule has 8 heteroatoms. The van der Waals surface area contributed by atoms with E-state index >= 15 is 0 Å². The lowest BCUT2D eigenvalue weighted by Crippen LogP contribution is -2.22. The fraction of sp³-hybridized carbons (Fsp3) is 0.133. The van der Waals surface area contributed by atoms with Crippen molar-refractivity contribution < 1.29 is 14.1 Å². The minimum absolute atomic E-state index is 0.0751. The van der Waals surface area contributed by atoms with Crippen molar-refractivity contribution in [2.45, 2.75) is 6.92 Å². The minimum atomic E-state index is -0.577. The van der Waals surface area contributed by atoms with Gasteiger partial charge in [-0.2, -0.15) is 0 Å². The van der Waals surface area contributed by atoms with Crippen LogP contribution < -0.4 is 10.6 Å². The predicted molar refractivity (Wildman–Crippen MR) is 86.4 cm³/mol. The molecule has 2 N–H and O–H groups in total. The third-order valence-electron chi connectivity index (χ3n) is 2.99. The first-order valence-corrected chi connectivity index (χ1v) is 6.98. The second-order valence-electron chi connectivity index (χ2n) is 4.80. The van der Waals surface area contributed by atoms with Gasteiger partial charge in [-0.05, 0) is 36.8 Å². The van der Waals surface area contributed by atoms with Crippen LogP contribution in [0.15, 0.2) is 36.4 Å². The number of nitrogens with zero attached hydrogens (tertiary/aromatic N) is 1. The van der Waals surface area contributed by atoms with E-state index in [1.165, 1.54) is 30.3 Å². The van der Waals surface area contributed by atoms with Crippen LogP contribution in [0, 0.1) is 22.9 Å². The molecule has 0 heterocycles. The summed E-state index contributed by atoms with van der Waals surface area (Å²) in [5.41, 5.74) is 0.658. The van der Waals surface area contributed by atoms with Crippen molar-refractivity contribution in [3.63, 3.8) is 0 Å². The number of rotatable bonds is 5. The summed E-state index contributed by atoms with van der Waals surface area (Å²) in [6, 6.07) is 8.36. The number of hydrogen-bond acceptors (Lipinski definition) is 4. The van der Waals surface area contributed by atoms with Crippen LogP contribution >= 0.6 is 11.6 Å². The van der Waals surface area contributed by atoms with Gasteiger partial charge in [-0.15, -0.1) is 0 Å². The van der Waals surface area contributed by atoms with Gasteiger partial charge in [0.1, 0.15) is 11.5 Å². The normalized spacial score (nSPS) is 10.2. The molecule has 0 unspecified atom stereocenters. The van der Waals surface area contributed by atoms with Gasteiger partial charge in [0.05, 0.1) is 17.2 Å². The van der Waals surface area contributed by atoms with E-state index in [4.69, 9.17) is 11.6 Å². The Kier molecular flexibility index (Phi) is 5.13. The molecule has 0 radical (unpaired) electrons. The molecule has 0 saturated carbocycles. The Morgan fingerprint density at radius 2 is 2.00 bits per heavy atom. The van der Waals surface area contributed by atoms with Crippen LogP contribution in [0.1, 0.15) is 5.56 Å². The Labute approximate surface area is 136 Å². The van der Waals surface area contributed by atoms with Crippen LogP contribution in [0.4, 0.5) is 21.5 Å². The molecule has 23 heavy (non-hydrogen) atoms. The fourth-order valence-corrected chi connectivity index (χ4v) is 2.07. The maximum Gasteiger partial charge on any atom is 0.293 e. The number of benzene rings is 2. The quantitative estimate of drug-likeness (QED) is 0.643. The summed E-state index contributed by atoms with van der Waals surface area (Å²) >= 11 is 5.75. The summed E-state index contributed by atoms with van der Waals surface area (Å²) in [6.45, 7) is 1.45. The molecule has 120 valence electrons. The van der Waals surface area contributed by atoms with Crippen LogP contribution in [0.25, 0.3) is 0 Å². The van der Waals surface area contributed by atoms with Gasteiger partial charge in [-0.25, -0.2) is 4.39 Å². The second kappa shape index (κ2) is 7.06. The number of amides is 1. The highest BCUT2D eigenvalue weighted by molar-refractivity contribution is 6.30. The van der Waals surface area contributed by atoms with Gasteiger partial charge >= 0.3 is 0 Å². The number of nitro groups is 1. The van der Waals surface area contributed by atoms with E-state index in [1.807, 2.05) is 0 Å². The smallest absolute Gasteiger partial charge is 0.293 e. The summed E-state index contributed by atoms with van der Waals surface area (Å²) in [5, 5.41) is 16.3. The molecule has 2 aromatic rings. The summed E-state index contributed by atoms with van der Waals surface area (Å²) in [6.07, 6.45) is 0. The highest BCUT2D eigenvalue weighted by Crippen LogP contribution is 2.25. The Morgan fingerprint density at radius 3 is 2.70 bits per heavy atom. The van der Waals surface area contributed by atoms with Crippen LogP contribution in [0.3, 0.4) is 0 Å². The van der Waals surface area contributed by atoms with E-state index in [0.717, 1.165) is 0 Å². The van der Waals surface area contributed by atoms with Crippen LogP contribution in [-0.2, 0) is 4.79 Å². The molecule has 6 nitrogen and oxygen atoms in total. The molecule has 1 amide bonds. The number of anilines is 2. The lowest BCUT2D eigenvalue weighted by molar-refractivity contribution is -0.384. The molecular formula is C15H13ClFN3O3. The number of nitro benzene ring substituents is 1. The largest absolute Gasteiger partial charge is 0.374 e. The highest BCUT2D eigenvalue weighted by Gasteiger charge is 2.16. The minimum Gasteiger partial charge on any atom is -0.374 e. The molecule has 0 aliphatic heterocycles. The average molecular weight is 338 g/mol. The molecule has 0 spiro atoms. The zero-order chi connectivity index (χ0) is 17.0. The first-order chi connectivity index (χ1) is 10.9. The van der Waals surface area contributed by atoms with Crippen molar-refractivity contribution in [2.24, 2.45) is 0 Å². The average Bonchev–Trinajstić information content (AvgIpc) is 2.49. The molecule has 0 bridgehead atoms. The molecule has 2 aromatic carbocycles. The topological polar surface area (TPSA) is 84.3 Å². The molecule has 0 aliphatic rings. The van der Waals surface area contributed by atoms with Gasteiger partial charge in [0.2, 0.25) is 5.91 Å². The van der Waals surface area contributed by atoms with Crippen LogP contribution in [-0.4, -0.2) is 17.4 Å². The van der Waals surface area contributed by atoms with Crippen molar-refractivity contribution in [1.29, 1.82) is 0 Å². The van der Waals surface area contributed by atoms with E-state index in [1.54, 1.807) is 13.0 Å². The standard InChI is InChI=1S/C15H13ClFN3O3/c1-9-2-5-12(14(6-9)20(22)23)19-15(21)8-18-13-7-10(16)3-4-11(13)17/h2-7,18H,8H2,1H3,(H,19,21). The van der Waals surface area contributed by atoms with Gasteiger partial charge in [0.15, 0.2) is 0 Å². The Bertz CT molecular complexity index is 768.